The molecule has 0 aliphatic carbocycles. The molecule has 11 heavy (non-hydrogen) atoms. The van der Waals surface area contributed by atoms with E-state index in [0.29, 0.717) is 18.8 Å². The Morgan fingerprint density at radius 1 is 1.36 bits per heavy atom. The average molecular weight is 151 g/mol. The summed E-state index contributed by atoms with van der Waals surface area (Å²) in [5.74, 6) is -0.168. The van der Waals surface area contributed by atoms with Crippen LogP contribution in [0.25, 0.3) is 0 Å². The molecule has 1 aliphatic rings. The Bertz CT molecular complexity index is 270. The van der Waals surface area contributed by atoms with Crippen LogP contribution >= 0.6 is 0 Å². The van der Waals surface area contributed by atoms with Crippen molar-refractivity contribution in [2.24, 2.45) is 0 Å². The average Bonchev–Trinajstić information content (AvgIpc) is 2.06. The predicted molar refractivity (Wildman–Crippen MR) is 39.5 cm³/mol. The molecular weight excluding hydrogens is 143 g/mol. The van der Waals surface area contributed by atoms with Gasteiger partial charge in [0.25, 0.3) is 0 Å². The van der Waals surface area contributed by atoms with Gasteiger partial charge in [-0.15, -0.1) is 0 Å². The summed E-state index contributed by atoms with van der Waals surface area (Å²) in [5.41, 5.74) is 1.65. The molecule has 0 aromatic heterocycles. The molecule has 0 saturated carbocycles. The lowest BCUT2D eigenvalue weighted by molar-refractivity contribution is 0.129. The van der Waals surface area contributed by atoms with E-state index in [1.54, 1.807) is 6.07 Å². The highest BCUT2D eigenvalue weighted by Gasteiger charge is 2.12. The second-order valence-corrected chi connectivity index (χ2v) is 2.53. The molecule has 0 atom stereocenters. The maximum absolute atomic E-state index is 13.0. The molecule has 0 saturated heterocycles. The predicted octanol–water partition coefficient (Wildman–Crippen LogP) is 1.91. The first-order valence-electron chi connectivity index (χ1n) is 3.56. The second kappa shape index (κ2) is 2.62. The molecular formula is C9H8FO. The standard InChI is InChI=1S/C9H8FO/c10-9-3-1-2-7-4-5-11-6-8(7)9/h1-4H,5-6H2. The van der Waals surface area contributed by atoms with Gasteiger partial charge in [0.15, 0.2) is 0 Å². The largest absolute Gasteiger partial charge is 0.376 e. The lowest BCUT2D eigenvalue weighted by Gasteiger charge is -2.15. The summed E-state index contributed by atoms with van der Waals surface area (Å²) in [6.07, 6.45) is 1.89. The molecule has 1 radical (unpaired) electrons. The summed E-state index contributed by atoms with van der Waals surface area (Å²) >= 11 is 0. The van der Waals surface area contributed by atoms with Gasteiger partial charge in [0, 0.05) is 12.0 Å². The van der Waals surface area contributed by atoms with Gasteiger partial charge >= 0.3 is 0 Å². The van der Waals surface area contributed by atoms with Crippen LogP contribution in [-0.4, -0.2) is 6.61 Å². The number of ether oxygens (including phenoxy) is 1. The molecule has 1 aromatic rings. The summed E-state index contributed by atoms with van der Waals surface area (Å²) in [7, 11) is 0. The van der Waals surface area contributed by atoms with Gasteiger partial charge < -0.3 is 4.74 Å². The first kappa shape index (κ1) is 6.80. The van der Waals surface area contributed by atoms with E-state index < -0.39 is 0 Å². The van der Waals surface area contributed by atoms with Gasteiger partial charge in [-0.05, 0) is 11.6 Å². The number of fused-ring (bicyclic) bond motifs is 1. The summed E-state index contributed by atoms with van der Waals surface area (Å²) in [6, 6.07) is 5.08. The highest BCUT2D eigenvalue weighted by atomic mass is 19.1. The Labute approximate surface area is 64.8 Å². The number of benzene rings is 1. The van der Waals surface area contributed by atoms with Crippen molar-refractivity contribution in [2.75, 3.05) is 6.61 Å². The van der Waals surface area contributed by atoms with Gasteiger partial charge in [-0.2, -0.15) is 0 Å². The van der Waals surface area contributed by atoms with Crippen LogP contribution in [0.1, 0.15) is 11.1 Å². The van der Waals surface area contributed by atoms with Crippen molar-refractivity contribution in [1.82, 2.24) is 0 Å². The van der Waals surface area contributed by atoms with Crippen LogP contribution in [0.2, 0.25) is 0 Å². The lowest BCUT2D eigenvalue weighted by atomic mass is 10.0. The molecule has 0 bridgehead atoms. The number of rotatable bonds is 0. The topological polar surface area (TPSA) is 9.23 Å². The fraction of sp³-hybridized carbons (Fsp3) is 0.222. The van der Waals surface area contributed by atoms with E-state index in [9.17, 15) is 4.39 Å². The third-order valence-electron chi connectivity index (χ3n) is 1.82. The highest BCUT2D eigenvalue weighted by Crippen LogP contribution is 2.20. The van der Waals surface area contributed by atoms with Crippen molar-refractivity contribution in [3.63, 3.8) is 0 Å². The van der Waals surface area contributed by atoms with Crippen LogP contribution in [0.15, 0.2) is 18.2 Å². The Balaban J connectivity index is 2.49. The summed E-state index contributed by atoms with van der Waals surface area (Å²) in [5, 5.41) is 0. The number of hydrogen-bond acceptors (Lipinski definition) is 1. The molecule has 0 fully saturated rings. The van der Waals surface area contributed by atoms with Gasteiger partial charge in [-0.25, -0.2) is 4.39 Å². The third kappa shape index (κ3) is 1.14. The van der Waals surface area contributed by atoms with Crippen molar-refractivity contribution in [2.45, 2.75) is 6.61 Å². The van der Waals surface area contributed by atoms with E-state index in [2.05, 4.69) is 0 Å². The number of hydrogen-bond donors (Lipinski definition) is 0. The van der Waals surface area contributed by atoms with Crippen molar-refractivity contribution < 1.29 is 9.13 Å². The van der Waals surface area contributed by atoms with Crippen molar-refractivity contribution in [3.8, 4) is 0 Å². The van der Waals surface area contributed by atoms with Gasteiger partial charge in [0.2, 0.25) is 0 Å². The molecule has 0 N–H and O–H groups in total. The molecule has 1 aliphatic heterocycles. The minimum Gasteiger partial charge on any atom is -0.376 e. The van der Waals surface area contributed by atoms with Crippen LogP contribution in [0, 0.1) is 12.2 Å². The Hall–Kier alpha value is -0.890. The molecule has 0 unspecified atom stereocenters. The molecule has 1 heterocycles. The first-order chi connectivity index (χ1) is 5.38. The number of halogens is 1. The van der Waals surface area contributed by atoms with Gasteiger partial charge in [0.05, 0.1) is 13.2 Å². The van der Waals surface area contributed by atoms with Crippen LogP contribution < -0.4 is 0 Å². The highest BCUT2D eigenvalue weighted by molar-refractivity contribution is 5.35. The zero-order chi connectivity index (χ0) is 7.68. The summed E-state index contributed by atoms with van der Waals surface area (Å²) < 4.78 is 18.1. The third-order valence-corrected chi connectivity index (χ3v) is 1.82. The molecule has 2 heteroatoms. The van der Waals surface area contributed by atoms with Crippen molar-refractivity contribution in [1.29, 1.82) is 0 Å². The van der Waals surface area contributed by atoms with Crippen molar-refractivity contribution >= 4 is 0 Å². The van der Waals surface area contributed by atoms with Crippen LogP contribution in [0.5, 0.6) is 0 Å². The second-order valence-electron chi connectivity index (χ2n) is 2.53. The quantitative estimate of drug-likeness (QED) is 0.550. The normalized spacial score (nSPS) is 16.1. The van der Waals surface area contributed by atoms with E-state index >= 15 is 0 Å². The Morgan fingerprint density at radius 2 is 2.27 bits per heavy atom. The van der Waals surface area contributed by atoms with Crippen molar-refractivity contribution in [3.05, 3.63) is 41.6 Å². The van der Waals surface area contributed by atoms with Gasteiger partial charge in [-0.1, -0.05) is 12.1 Å². The maximum Gasteiger partial charge on any atom is 0.129 e. The zero-order valence-corrected chi connectivity index (χ0v) is 6.01. The van der Waals surface area contributed by atoms with E-state index in [0.717, 1.165) is 5.56 Å². The molecule has 0 amide bonds. The van der Waals surface area contributed by atoms with Crippen LogP contribution in [-0.2, 0) is 11.3 Å². The SMILES string of the molecule is Fc1cccc2c1COC[CH]2. The molecule has 1 aromatic carbocycles. The fourth-order valence-electron chi connectivity index (χ4n) is 1.23. The Kier molecular flexibility index (Phi) is 1.62. The minimum atomic E-state index is -0.168. The molecule has 0 spiro atoms. The molecule has 2 rings (SSSR count). The smallest absolute Gasteiger partial charge is 0.129 e. The van der Waals surface area contributed by atoms with E-state index in [4.69, 9.17) is 4.74 Å². The molecule has 57 valence electrons. The first-order valence-corrected chi connectivity index (χ1v) is 3.56. The van der Waals surface area contributed by atoms with Crippen LogP contribution in [0.3, 0.4) is 0 Å². The van der Waals surface area contributed by atoms with Gasteiger partial charge in [0.1, 0.15) is 5.82 Å². The lowest BCUT2D eigenvalue weighted by Crippen LogP contribution is -2.09. The van der Waals surface area contributed by atoms with Crippen LogP contribution in [0.4, 0.5) is 4.39 Å². The minimum absolute atomic E-state index is 0.168. The monoisotopic (exact) mass is 151 g/mol. The van der Waals surface area contributed by atoms with E-state index in [1.807, 2.05) is 12.5 Å². The molecule has 1 nitrogen and oxygen atoms in total. The maximum atomic E-state index is 13.0. The Morgan fingerprint density at radius 3 is 3.09 bits per heavy atom. The summed E-state index contributed by atoms with van der Waals surface area (Å²) in [6.45, 7) is 0.995. The van der Waals surface area contributed by atoms with Gasteiger partial charge in [-0.3, -0.25) is 0 Å². The van der Waals surface area contributed by atoms with E-state index in [1.165, 1.54) is 6.07 Å². The van der Waals surface area contributed by atoms with E-state index in [-0.39, 0.29) is 5.82 Å². The fourth-order valence-corrected chi connectivity index (χ4v) is 1.23. The summed E-state index contributed by atoms with van der Waals surface area (Å²) in [4.78, 5) is 0. The zero-order valence-electron chi connectivity index (χ0n) is 6.01.